The van der Waals surface area contributed by atoms with E-state index < -0.39 is 0 Å². The summed E-state index contributed by atoms with van der Waals surface area (Å²) in [4.78, 5) is 4.12. The summed E-state index contributed by atoms with van der Waals surface area (Å²) in [6.45, 7) is 1.99. The van der Waals surface area contributed by atoms with Crippen LogP contribution >= 0.6 is 11.6 Å². The molecule has 0 saturated carbocycles. The minimum Gasteiger partial charge on any atom is -0.383 e. The predicted octanol–water partition coefficient (Wildman–Crippen LogP) is 3.29. The summed E-state index contributed by atoms with van der Waals surface area (Å²) >= 11 is 5.93. The lowest BCUT2D eigenvalue weighted by Gasteiger charge is -2.06. The molecule has 0 aliphatic heterocycles. The second kappa shape index (κ2) is 3.91. The van der Waals surface area contributed by atoms with E-state index in [9.17, 15) is 0 Å². The maximum atomic E-state index is 5.93. The number of hydrogen-bond acceptors (Lipinski definition) is 2. The van der Waals surface area contributed by atoms with Gasteiger partial charge in [-0.3, -0.25) is 0 Å². The fourth-order valence-electron chi connectivity index (χ4n) is 1.47. The lowest BCUT2D eigenvalue weighted by Crippen LogP contribution is -1.94. The Bertz CT molecular complexity index is 495. The summed E-state index contributed by atoms with van der Waals surface area (Å²) < 4.78 is 0. The lowest BCUT2D eigenvalue weighted by molar-refractivity contribution is 1.28. The molecular formula is C12H11ClN2. The summed E-state index contributed by atoms with van der Waals surface area (Å²) in [5, 5.41) is 0.702. The first kappa shape index (κ1) is 9.99. The topological polar surface area (TPSA) is 38.9 Å². The van der Waals surface area contributed by atoms with Gasteiger partial charge in [-0.25, -0.2) is 4.98 Å². The molecule has 0 radical (unpaired) electrons. The molecule has 0 fully saturated rings. The van der Waals surface area contributed by atoms with Gasteiger partial charge in [-0.1, -0.05) is 23.7 Å². The highest BCUT2D eigenvalue weighted by Crippen LogP contribution is 2.26. The number of halogens is 1. The van der Waals surface area contributed by atoms with E-state index >= 15 is 0 Å². The number of nitrogens with two attached hydrogens (primary N) is 1. The standard InChI is InChI=1S/C12H11ClN2/c1-8-5-11(12(14)15-7-8)9-3-2-4-10(13)6-9/h2-7H,1H3,(H2,14,15). The quantitative estimate of drug-likeness (QED) is 0.798. The van der Waals surface area contributed by atoms with Crippen molar-refractivity contribution in [2.45, 2.75) is 6.92 Å². The number of nitrogens with zero attached hydrogens (tertiary/aromatic N) is 1. The third-order valence-electron chi connectivity index (χ3n) is 2.19. The zero-order valence-corrected chi connectivity index (χ0v) is 9.12. The molecule has 2 nitrogen and oxygen atoms in total. The number of nitrogen functional groups attached to an aromatic ring is 1. The molecule has 1 heterocycles. The lowest BCUT2D eigenvalue weighted by atomic mass is 10.1. The first-order chi connectivity index (χ1) is 7.16. The molecule has 15 heavy (non-hydrogen) atoms. The van der Waals surface area contributed by atoms with E-state index in [1.165, 1.54) is 0 Å². The van der Waals surface area contributed by atoms with E-state index in [-0.39, 0.29) is 0 Å². The van der Waals surface area contributed by atoms with Gasteiger partial charge >= 0.3 is 0 Å². The monoisotopic (exact) mass is 218 g/mol. The van der Waals surface area contributed by atoms with Crippen LogP contribution in [-0.4, -0.2) is 4.98 Å². The summed E-state index contributed by atoms with van der Waals surface area (Å²) in [5.41, 5.74) is 8.82. The van der Waals surface area contributed by atoms with E-state index in [1.807, 2.05) is 37.3 Å². The van der Waals surface area contributed by atoms with Gasteiger partial charge in [0, 0.05) is 16.8 Å². The maximum Gasteiger partial charge on any atom is 0.131 e. The molecule has 0 unspecified atom stereocenters. The van der Waals surface area contributed by atoms with E-state index in [0.29, 0.717) is 10.8 Å². The molecule has 0 aliphatic carbocycles. The van der Waals surface area contributed by atoms with Crippen molar-refractivity contribution < 1.29 is 0 Å². The number of hydrogen-bond donors (Lipinski definition) is 1. The van der Waals surface area contributed by atoms with Crippen molar-refractivity contribution in [3.63, 3.8) is 0 Å². The smallest absolute Gasteiger partial charge is 0.131 e. The van der Waals surface area contributed by atoms with Crippen molar-refractivity contribution in [2.24, 2.45) is 0 Å². The third-order valence-corrected chi connectivity index (χ3v) is 2.43. The van der Waals surface area contributed by atoms with Crippen LogP contribution < -0.4 is 5.73 Å². The van der Waals surface area contributed by atoms with Crippen LogP contribution in [0.4, 0.5) is 5.82 Å². The van der Waals surface area contributed by atoms with Gasteiger partial charge in [0.25, 0.3) is 0 Å². The normalized spacial score (nSPS) is 10.3. The van der Waals surface area contributed by atoms with E-state index in [0.717, 1.165) is 16.7 Å². The van der Waals surface area contributed by atoms with Gasteiger partial charge in [-0.2, -0.15) is 0 Å². The van der Waals surface area contributed by atoms with Crippen molar-refractivity contribution in [3.8, 4) is 11.1 Å². The van der Waals surface area contributed by atoms with Gasteiger partial charge in [0.2, 0.25) is 0 Å². The number of anilines is 1. The van der Waals surface area contributed by atoms with Gasteiger partial charge in [0.15, 0.2) is 0 Å². The molecule has 0 saturated heterocycles. The van der Waals surface area contributed by atoms with Gasteiger partial charge in [0.05, 0.1) is 0 Å². The van der Waals surface area contributed by atoms with Gasteiger partial charge in [0.1, 0.15) is 5.82 Å². The number of aromatic nitrogens is 1. The van der Waals surface area contributed by atoms with Crippen LogP contribution in [0.3, 0.4) is 0 Å². The fourth-order valence-corrected chi connectivity index (χ4v) is 1.66. The largest absolute Gasteiger partial charge is 0.383 e. The van der Waals surface area contributed by atoms with Crippen molar-refractivity contribution in [1.29, 1.82) is 0 Å². The molecule has 0 aliphatic rings. The predicted molar refractivity (Wildman–Crippen MR) is 63.8 cm³/mol. The summed E-state index contributed by atoms with van der Waals surface area (Å²) in [6, 6.07) is 9.60. The minimum absolute atomic E-state index is 0.530. The summed E-state index contributed by atoms with van der Waals surface area (Å²) in [6.07, 6.45) is 1.75. The van der Waals surface area contributed by atoms with Crippen LogP contribution in [0.5, 0.6) is 0 Å². The molecule has 0 atom stereocenters. The number of rotatable bonds is 1. The highest BCUT2D eigenvalue weighted by atomic mass is 35.5. The van der Waals surface area contributed by atoms with Crippen LogP contribution in [0, 0.1) is 6.92 Å². The molecule has 3 heteroatoms. The number of pyridine rings is 1. The van der Waals surface area contributed by atoms with E-state index in [4.69, 9.17) is 17.3 Å². The average molecular weight is 219 g/mol. The van der Waals surface area contributed by atoms with E-state index in [2.05, 4.69) is 4.98 Å². The van der Waals surface area contributed by atoms with Crippen LogP contribution in [0.2, 0.25) is 5.02 Å². The molecule has 2 N–H and O–H groups in total. The van der Waals surface area contributed by atoms with Crippen LogP contribution in [0.1, 0.15) is 5.56 Å². The number of benzene rings is 1. The summed E-state index contributed by atoms with van der Waals surface area (Å²) in [5.74, 6) is 0.530. The molecule has 76 valence electrons. The van der Waals surface area contributed by atoms with Crippen molar-refractivity contribution in [3.05, 3.63) is 47.1 Å². The molecule has 1 aromatic carbocycles. The summed E-state index contributed by atoms with van der Waals surface area (Å²) in [7, 11) is 0. The molecular weight excluding hydrogens is 208 g/mol. The Morgan fingerprint density at radius 3 is 2.80 bits per heavy atom. The minimum atomic E-state index is 0.530. The zero-order chi connectivity index (χ0) is 10.8. The first-order valence-corrected chi connectivity index (χ1v) is 5.02. The van der Waals surface area contributed by atoms with Gasteiger partial charge in [-0.15, -0.1) is 0 Å². The highest BCUT2D eigenvalue weighted by Gasteiger charge is 2.04. The van der Waals surface area contributed by atoms with Crippen LogP contribution in [0.25, 0.3) is 11.1 Å². The maximum absolute atomic E-state index is 5.93. The van der Waals surface area contributed by atoms with Crippen molar-refractivity contribution in [2.75, 3.05) is 5.73 Å². The second-order valence-electron chi connectivity index (χ2n) is 3.46. The zero-order valence-electron chi connectivity index (χ0n) is 8.37. The van der Waals surface area contributed by atoms with Crippen molar-refractivity contribution >= 4 is 17.4 Å². The van der Waals surface area contributed by atoms with E-state index in [1.54, 1.807) is 6.20 Å². The molecule has 2 rings (SSSR count). The Labute approximate surface area is 93.7 Å². The van der Waals surface area contributed by atoms with Gasteiger partial charge in [-0.05, 0) is 36.2 Å². The fraction of sp³-hybridized carbons (Fsp3) is 0.0833. The Balaban J connectivity index is 2.58. The molecule has 2 aromatic rings. The molecule has 0 spiro atoms. The van der Waals surface area contributed by atoms with Crippen LogP contribution in [0.15, 0.2) is 36.5 Å². The second-order valence-corrected chi connectivity index (χ2v) is 3.89. The Kier molecular flexibility index (Phi) is 2.60. The van der Waals surface area contributed by atoms with Crippen LogP contribution in [-0.2, 0) is 0 Å². The molecule has 0 amide bonds. The highest BCUT2D eigenvalue weighted by molar-refractivity contribution is 6.30. The van der Waals surface area contributed by atoms with Crippen molar-refractivity contribution in [1.82, 2.24) is 4.98 Å². The average Bonchev–Trinajstić information content (AvgIpc) is 2.22. The number of aryl methyl sites for hydroxylation is 1. The Hall–Kier alpha value is -1.54. The molecule has 0 bridgehead atoms. The van der Waals surface area contributed by atoms with Gasteiger partial charge < -0.3 is 5.73 Å². The third kappa shape index (κ3) is 2.10. The Morgan fingerprint density at radius 1 is 1.27 bits per heavy atom. The Morgan fingerprint density at radius 2 is 2.07 bits per heavy atom. The first-order valence-electron chi connectivity index (χ1n) is 4.65. The molecule has 1 aromatic heterocycles. The SMILES string of the molecule is Cc1cnc(N)c(-c2cccc(Cl)c2)c1.